The van der Waals surface area contributed by atoms with Gasteiger partial charge in [0.2, 0.25) is 0 Å². The Balaban J connectivity index is 2.00. The van der Waals surface area contributed by atoms with Crippen LogP contribution in [0.25, 0.3) is 0 Å². The van der Waals surface area contributed by atoms with E-state index in [4.69, 9.17) is 33.3 Å². The van der Waals surface area contributed by atoms with Gasteiger partial charge in [-0.05, 0) is 24.4 Å². The van der Waals surface area contributed by atoms with E-state index in [9.17, 15) is 14.9 Å². The number of nitro benzene ring substituents is 1. The number of anilines is 1. The van der Waals surface area contributed by atoms with Crippen molar-refractivity contribution in [2.24, 2.45) is 0 Å². The maximum absolute atomic E-state index is 12.1. The minimum atomic E-state index is -0.549. The van der Waals surface area contributed by atoms with Crippen molar-refractivity contribution in [3.05, 3.63) is 57.1 Å². The zero-order valence-corrected chi connectivity index (χ0v) is 15.8. The first kappa shape index (κ1) is 20.2. The number of nitro groups is 1. The van der Waals surface area contributed by atoms with Crippen molar-refractivity contribution >= 4 is 46.2 Å². The van der Waals surface area contributed by atoms with E-state index < -0.39 is 10.8 Å². The van der Waals surface area contributed by atoms with E-state index in [1.807, 2.05) is 0 Å². The number of carbonyl (C=O) groups is 1. The number of rotatable bonds is 5. The third-order valence-corrected chi connectivity index (χ3v) is 3.85. The normalized spacial score (nSPS) is 9.89. The molecule has 0 radical (unpaired) electrons. The summed E-state index contributed by atoms with van der Waals surface area (Å²) in [6.07, 6.45) is 0. The summed E-state index contributed by atoms with van der Waals surface area (Å²) in [6.45, 7) is 0. The van der Waals surface area contributed by atoms with Gasteiger partial charge in [-0.3, -0.25) is 25.8 Å². The molecule has 0 saturated heterocycles. The molecule has 3 N–H and O–H groups in total. The van der Waals surface area contributed by atoms with Crippen LogP contribution < -0.4 is 25.6 Å². The molecule has 11 heteroatoms. The summed E-state index contributed by atoms with van der Waals surface area (Å²) in [5.41, 5.74) is 5.50. The number of halogens is 1. The van der Waals surface area contributed by atoms with Crippen molar-refractivity contribution in [2.45, 2.75) is 0 Å². The number of nitrogens with one attached hydrogen (secondary N) is 3. The van der Waals surface area contributed by atoms with Crippen molar-refractivity contribution in [2.75, 3.05) is 19.5 Å². The molecule has 2 rings (SSSR count). The molecule has 9 nitrogen and oxygen atoms in total. The Labute approximate surface area is 164 Å². The molecule has 0 bridgehead atoms. The molecule has 0 heterocycles. The first-order valence-corrected chi connectivity index (χ1v) is 8.17. The van der Waals surface area contributed by atoms with E-state index in [-0.39, 0.29) is 16.4 Å². The molecular formula is C16H15ClN4O5S. The van der Waals surface area contributed by atoms with Gasteiger partial charge in [0.25, 0.3) is 11.6 Å². The second kappa shape index (κ2) is 9.01. The molecule has 0 atom stereocenters. The molecule has 0 unspecified atom stereocenters. The molecule has 0 fully saturated rings. The zero-order chi connectivity index (χ0) is 20.0. The average Bonchev–Trinajstić information content (AvgIpc) is 2.67. The maximum Gasteiger partial charge on any atom is 0.269 e. The smallest absolute Gasteiger partial charge is 0.269 e. The number of methoxy groups -OCH3 is 2. The van der Waals surface area contributed by atoms with Gasteiger partial charge in [-0.2, -0.15) is 0 Å². The lowest BCUT2D eigenvalue weighted by molar-refractivity contribution is -0.384. The van der Waals surface area contributed by atoms with E-state index >= 15 is 0 Å². The predicted octanol–water partition coefficient (Wildman–Crippen LogP) is 2.90. The second-order valence-corrected chi connectivity index (χ2v) is 5.84. The van der Waals surface area contributed by atoms with Crippen molar-refractivity contribution < 1.29 is 19.2 Å². The lowest BCUT2D eigenvalue weighted by Crippen LogP contribution is -2.43. The summed E-state index contributed by atoms with van der Waals surface area (Å²) in [6, 6.07) is 8.28. The number of hydrazine groups is 1. The summed E-state index contributed by atoms with van der Waals surface area (Å²) >= 11 is 11.2. The minimum Gasteiger partial charge on any atom is -0.495 e. The summed E-state index contributed by atoms with van der Waals surface area (Å²) < 4.78 is 10.4. The molecule has 0 spiro atoms. The van der Waals surface area contributed by atoms with Crippen LogP contribution in [0.3, 0.4) is 0 Å². The van der Waals surface area contributed by atoms with Crippen LogP contribution in [0.5, 0.6) is 11.5 Å². The van der Waals surface area contributed by atoms with Crippen LogP contribution in [-0.4, -0.2) is 30.2 Å². The van der Waals surface area contributed by atoms with Gasteiger partial charge in [-0.25, -0.2) is 0 Å². The number of benzene rings is 2. The molecule has 0 aliphatic heterocycles. The number of ether oxygens (including phenoxy) is 2. The van der Waals surface area contributed by atoms with Gasteiger partial charge in [-0.15, -0.1) is 0 Å². The quantitative estimate of drug-likeness (QED) is 0.391. The average molecular weight is 411 g/mol. The number of carbonyl (C=O) groups excluding carboxylic acids is 1. The summed E-state index contributed by atoms with van der Waals surface area (Å²) in [5.74, 6) is 0.319. The Bertz CT molecular complexity index is 876. The Morgan fingerprint density at radius 3 is 2.30 bits per heavy atom. The van der Waals surface area contributed by atoms with Crippen LogP contribution in [0.1, 0.15) is 10.4 Å². The third-order valence-electron chi connectivity index (χ3n) is 3.35. The zero-order valence-electron chi connectivity index (χ0n) is 14.2. The monoisotopic (exact) mass is 410 g/mol. The maximum atomic E-state index is 12.1. The number of nitrogens with zero attached hydrogens (tertiary/aromatic N) is 1. The van der Waals surface area contributed by atoms with E-state index in [0.717, 1.165) is 0 Å². The van der Waals surface area contributed by atoms with Crippen molar-refractivity contribution in [1.82, 2.24) is 10.9 Å². The highest BCUT2D eigenvalue weighted by atomic mass is 35.5. The van der Waals surface area contributed by atoms with Crippen molar-refractivity contribution in [3.8, 4) is 11.5 Å². The Hall–Kier alpha value is -3.11. The highest BCUT2D eigenvalue weighted by Crippen LogP contribution is 2.35. The van der Waals surface area contributed by atoms with Crippen LogP contribution in [0.2, 0.25) is 5.02 Å². The van der Waals surface area contributed by atoms with Crippen LogP contribution in [0.15, 0.2) is 36.4 Å². The van der Waals surface area contributed by atoms with Crippen LogP contribution in [-0.2, 0) is 0 Å². The molecule has 1 amide bonds. The van der Waals surface area contributed by atoms with Crippen LogP contribution >= 0.6 is 23.8 Å². The standard InChI is InChI=1S/C16H15ClN4O5S/c1-25-13-8-12(14(26-2)7-11(13)17)18-16(27)20-19-15(22)9-3-5-10(6-4-9)21(23)24/h3-8H,1-2H3,(H,19,22)(H2,18,20,27). The Morgan fingerprint density at radius 2 is 1.74 bits per heavy atom. The Kier molecular flexibility index (Phi) is 6.74. The van der Waals surface area contributed by atoms with Crippen LogP contribution in [0.4, 0.5) is 11.4 Å². The first-order chi connectivity index (χ1) is 12.8. The van der Waals surface area contributed by atoms with Gasteiger partial charge in [0.05, 0.1) is 29.9 Å². The third kappa shape index (κ3) is 5.19. The fourth-order valence-corrected chi connectivity index (χ4v) is 2.42. The number of thiocarbonyl (C=S) groups is 1. The topological polar surface area (TPSA) is 115 Å². The molecule has 2 aromatic carbocycles. The first-order valence-electron chi connectivity index (χ1n) is 7.39. The molecule has 0 aromatic heterocycles. The second-order valence-electron chi connectivity index (χ2n) is 5.02. The van der Waals surface area contributed by atoms with E-state index in [0.29, 0.717) is 22.2 Å². The summed E-state index contributed by atoms with van der Waals surface area (Å²) in [5, 5.41) is 13.9. The lowest BCUT2D eigenvalue weighted by Gasteiger charge is -2.15. The number of amides is 1. The number of hydrogen-bond acceptors (Lipinski definition) is 6. The van der Waals surface area contributed by atoms with Crippen molar-refractivity contribution in [1.29, 1.82) is 0 Å². The predicted molar refractivity (Wildman–Crippen MR) is 104 cm³/mol. The Morgan fingerprint density at radius 1 is 1.11 bits per heavy atom. The van der Waals surface area contributed by atoms with Gasteiger partial charge in [-0.1, -0.05) is 11.6 Å². The van der Waals surface area contributed by atoms with Gasteiger partial charge < -0.3 is 14.8 Å². The van der Waals surface area contributed by atoms with Crippen molar-refractivity contribution in [3.63, 3.8) is 0 Å². The fraction of sp³-hybridized carbons (Fsp3) is 0.125. The highest BCUT2D eigenvalue weighted by molar-refractivity contribution is 7.80. The summed E-state index contributed by atoms with van der Waals surface area (Å²) in [4.78, 5) is 22.1. The van der Waals surface area contributed by atoms with Gasteiger partial charge in [0, 0.05) is 29.8 Å². The fourth-order valence-electron chi connectivity index (χ4n) is 2.03. The van der Waals surface area contributed by atoms with Gasteiger partial charge >= 0.3 is 0 Å². The van der Waals surface area contributed by atoms with Crippen LogP contribution in [0, 0.1) is 10.1 Å². The molecular weight excluding hydrogens is 396 g/mol. The molecule has 2 aromatic rings. The van der Waals surface area contributed by atoms with E-state index in [1.165, 1.54) is 38.5 Å². The van der Waals surface area contributed by atoms with E-state index in [2.05, 4.69) is 16.2 Å². The minimum absolute atomic E-state index is 0.0768. The van der Waals surface area contributed by atoms with E-state index in [1.54, 1.807) is 12.1 Å². The largest absolute Gasteiger partial charge is 0.495 e. The number of non-ortho nitro benzene ring substituents is 1. The molecule has 27 heavy (non-hydrogen) atoms. The number of hydrogen-bond donors (Lipinski definition) is 3. The SMILES string of the molecule is COc1cc(NC(=S)NNC(=O)c2ccc([N+](=O)[O-])cc2)c(OC)cc1Cl. The molecule has 0 aliphatic carbocycles. The molecule has 142 valence electrons. The summed E-state index contributed by atoms with van der Waals surface area (Å²) in [7, 11) is 2.94. The molecule has 0 saturated carbocycles. The van der Waals surface area contributed by atoms with Gasteiger partial charge in [0.15, 0.2) is 5.11 Å². The lowest BCUT2D eigenvalue weighted by atomic mass is 10.2. The van der Waals surface area contributed by atoms with Gasteiger partial charge in [0.1, 0.15) is 11.5 Å². The molecule has 0 aliphatic rings. The highest BCUT2D eigenvalue weighted by Gasteiger charge is 2.12.